The predicted molar refractivity (Wildman–Crippen MR) is 74.5 cm³/mol. The molecule has 2 fully saturated rings. The highest BCUT2D eigenvalue weighted by atomic mass is 16.3. The molecule has 21 heavy (non-hydrogen) atoms. The van der Waals surface area contributed by atoms with Crippen LogP contribution in [0.4, 0.5) is 0 Å². The Morgan fingerprint density at radius 3 is 3.10 bits per heavy atom. The summed E-state index contributed by atoms with van der Waals surface area (Å²) in [4.78, 5) is 16.4. The third-order valence-corrected chi connectivity index (χ3v) is 4.36. The Hall–Kier alpha value is -2.39. The van der Waals surface area contributed by atoms with Gasteiger partial charge in [-0.2, -0.15) is 5.26 Å². The number of amides is 1. The molecule has 2 N–H and O–H groups in total. The molecule has 0 spiro atoms. The van der Waals surface area contributed by atoms with Gasteiger partial charge in [-0.1, -0.05) is 0 Å². The lowest BCUT2D eigenvalue weighted by molar-refractivity contribution is 0.0926. The largest absolute Gasteiger partial charge is 0.445 e. The van der Waals surface area contributed by atoms with Crippen LogP contribution in [-0.4, -0.2) is 29.0 Å². The van der Waals surface area contributed by atoms with Crippen LogP contribution in [0.15, 0.2) is 22.7 Å². The molecule has 2 aromatic rings. The maximum Gasteiger partial charge on any atom is 0.270 e. The first kappa shape index (κ1) is 12.4. The second-order valence-electron chi connectivity index (χ2n) is 5.69. The van der Waals surface area contributed by atoms with Crippen molar-refractivity contribution < 1.29 is 9.21 Å². The molecule has 3 atom stereocenters. The number of rotatable bonds is 2. The van der Waals surface area contributed by atoms with Gasteiger partial charge in [0.1, 0.15) is 17.3 Å². The van der Waals surface area contributed by atoms with Crippen LogP contribution in [0, 0.1) is 11.3 Å². The maximum atomic E-state index is 12.3. The van der Waals surface area contributed by atoms with Crippen LogP contribution >= 0.6 is 0 Å². The zero-order chi connectivity index (χ0) is 14.4. The van der Waals surface area contributed by atoms with Crippen LogP contribution in [0.1, 0.15) is 35.5 Å². The SMILES string of the molecule is N#Cc1cc2cnc(C(=O)N[C@@H]3C[C@H]4CC[C@@H]3N4)cc2o1. The molecule has 0 aliphatic carbocycles. The molecular weight excluding hydrogens is 268 g/mol. The van der Waals surface area contributed by atoms with Crippen molar-refractivity contribution in [2.45, 2.75) is 37.4 Å². The van der Waals surface area contributed by atoms with E-state index in [1.165, 1.54) is 6.42 Å². The minimum atomic E-state index is -0.189. The first-order valence-electron chi connectivity index (χ1n) is 7.09. The number of hydrogen-bond donors (Lipinski definition) is 2. The minimum Gasteiger partial charge on any atom is -0.445 e. The molecule has 6 nitrogen and oxygen atoms in total. The van der Waals surface area contributed by atoms with E-state index in [9.17, 15) is 4.79 Å². The van der Waals surface area contributed by atoms with Crippen LogP contribution in [-0.2, 0) is 0 Å². The van der Waals surface area contributed by atoms with Crippen molar-refractivity contribution in [2.24, 2.45) is 0 Å². The highest BCUT2D eigenvalue weighted by Crippen LogP contribution is 2.28. The van der Waals surface area contributed by atoms with Crippen LogP contribution < -0.4 is 10.6 Å². The van der Waals surface area contributed by atoms with Crippen molar-refractivity contribution in [3.63, 3.8) is 0 Å². The van der Waals surface area contributed by atoms with E-state index in [2.05, 4.69) is 15.6 Å². The van der Waals surface area contributed by atoms with Crippen molar-refractivity contribution in [2.75, 3.05) is 0 Å². The molecule has 4 rings (SSSR count). The molecule has 1 amide bonds. The maximum absolute atomic E-state index is 12.3. The highest BCUT2D eigenvalue weighted by molar-refractivity contribution is 5.95. The lowest BCUT2D eigenvalue weighted by Crippen LogP contribution is -2.43. The molecule has 2 aromatic heterocycles. The van der Waals surface area contributed by atoms with Crippen molar-refractivity contribution in [1.82, 2.24) is 15.6 Å². The van der Waals surface area contributed by atoms with E-state index in [-0.39, 0.29) is 17.7 Å². The van der Waals surface area contributed by atoms with Crippen molar-refractivity contribution in [3.05, 3.63) is 29.8 Å². The van der Waals surface area contributed by atoms with E-state index < -0.39 is 0 Å². The van der Waals surface area contributed by atoms with Crippen LogP contribution in [0.25, 0.3) is 11.0 Å². The summed E-state index contributed by atoms with van der Waals surface area (Å²) < 4.78 is 5.33. The Kier molecular flexibility index (Phi) is 2.69. The Bertz CT molecular complexity index is 761. The molecule has 106 valence electrons. The topological polar surface area (TPSA) is 91.0 Å². The lowest BCUT2D eigenvalue weighted by atomic mass is 9.95. The minimum absolute atomic E-state index is 0.181. The second-order valence-corrected chi connectivity index (χ2v) is 5.69. The first-order valence-corrected chi connectivity index (χ1v) is 7.09. The van der Waals surface area contributed by atoms with Gasteiger partial charge in [0, 0.05) is 41.8 Å². The fourth-order valence-electron chi connectivity index (χ4n) is 3.34. The quantitative estimate of drug-likeness (QED) is 0.867. The van der Waals surface area contributed by atoms with Gasteiger partial charge in [-0.05, 0) is 19.3 Å². The summed E-state index contributed by atoms with van der Waals surface area (Å²) in [6, 6.07) is 6.25. The van der Waals surface area contributed by atoms with E-state index in [0.29, 0.717) is 23.4 Å². The smallest absolute Gasteiger partial charge is 0.270 e. The number of furan rings is 1. The Balaban J connectivity index is 1.55. The lowest BCUT2D eigenvalue weighted by Gasteiger charge is -2.21. The zero-order valence-electron chi connectivity index (χ0n) is 11.3. The summed E-state index contributed by atoms with van der Waals surface area (Å²) in [7, 11) is 0. The standard InChI is InChI=1S/C15H14N4O2/c16-6-10-3-8-7-17-13(5-14(8)21-10)15(20)19-12-4-9-1-2-11(12)18-9/h3,5,7,9,11-12,18H,1-2,4H2,(H,19,20)/t9-,11+,12-/m1/s1. The van der Waals surface area contributed by atoms with E-state index >= 15 is 0 Å². The van der Waals surface area contributed by atoms with E-state index in [1.54, 1.807) is 18.3 Å². The first-order chi connectivity index (χ1) is 10.2. The molecule has 0 aromatic carbocycles. The molecule has 2 saturated heterocycles. The molecule has 2 aliphatic rings. The number of carbonyl (C=O) groups excluding carboxylic acids is 1. The molecule has 2 aliphatic heterocycles. The predicted octanol–water partition coefficient (Wildman–Crippen LogP) is 1.32. The van der Waals surface area contributed by atoms with E-state index in [0.717, 1.165) is 18.2 Å². The summed E-state index contributed by atoms with van der Waals surface area (Å²) in [5.41, 5.74) is 0.835. The molecule has 2 bridgehead atoms. The second kappa shape index (κ2) is 4.57. The van der Waals surface area contributed by atoms with Gasteiger partial charge in [-0.25, -0.2) is 0 Å². The summed E-state index contributed by atoms with van der Waals surface area (Å²) in [6.45, 7) is 0. The van der Waals surface area contributed by atoms with Crippen LogP contribution in [0.3, 0.4) is 0 Å². The summed E-state index contributed by atoms with van der Waals surface area (Å²) >= 11 is 0. The molecule has 0 unspecified atom stereocenters. The number of nitriles is 1. The van der Waals surface area contributed by atoms with Crippen LogP contribution in [0.2, 0.25) is 0 Å². The molecule has 4 heterocycles. The Morgan fingerprint density at radius 2 is 2.38 bits per heavy atom. The summed E-state index contributed by atoms with van der Waals surface area (Å²) in [5.74, 6) is 0.0350. The van der Waals surface area contributed by atoms with E-state index in [4.69, 9.17) is 9.68 Å². The number of nitrogens with zero attached hydrogens (tertiary/aromatic N) is 2. The zero-order valence-corrected chi connectivity index (χ0v) is 11.3. The van der Waals surface area contributed by atoms with Crippen molar-refractivity contribution >= 4 is 16.9 Å². The number of hydrogen-bond acceptors (Lipinski definition) is 5. The van der Waals surface area contributed by atoms with Gasteiger partial charge in [0.05, 0.1) is 0 Å². The van der Waals surface area contributed by atoms with Crippen molar-refractivity contribution in [1.29, 1.82) is 5.26 Å². The van der Waals surface area contributed by atoms with E-state index in [1.807, 2.05) is 6.07 Å². The Labute approximate surface area is 121 Å². The Morgan fingerprint density at radius 1 is 1.48 bits per heavy atom. The number of fused-ring (bicyclic) bond motifs is 3. The number of pyridine rings is 1. The third kappa shape index (κ3) is 2.06. The fraction of sp³-hybridized carbons (Fsp3) is 0.400. The van der Waals surface area contributed by atoms with Gasteiger partial charge in [-0.3, -0.25) is 9.78 Å². The van der Waals surface area contributed by atoms with Gasteiger partial charge in [-0.15, -0.1) is 0 Å². The van der Waals surface area contributed by atoms with Gasteiger partial charge in [0.25, 0.3) is 5.91 Å². The van der Waals surface area contributed by atoms with Gasteiger partial charge < -0.3 is 15.1 Å². The monoisotopic (exact) mass is 282 g/mol. The molecule has 0 radical (unpaired) electrons. The average molecular weight is 282 g/mol. The number of aromatic nitrogens is 1. The number of nitrogens with one attached hydrogen (secondary N) is 2. The molecule has 0 saturated carbocycles. The normalized spacial score (nSPS) is 26.9. The van der Waals surface area contributed by atoms with Crippen LogP contribution in [0.5, 0.6) is 0 Å². The van der Waals surface area contributed by atoms with Gasteiger partial charge >= 0.3 is 0 Å². The summed E-state index contributed by atoms with van der Waals surface area (Å²) in [6.07, 6.45) is 4.86. The molecule has 6 heteroatoms. The van der Waals surface area contributed by atoms with Gasteiger partial charge in [0.2, 0.25) is 5.76 Å². The number of carbonyl (C=O) groups is 1. The summed E-state index contributed by atoms with van der Waals surface area (Å²) in [5, 5.41) is 16.1. The fourth-order valence-corrected chi connectivity index (χ4v) is 3.34. The third-order valence-electron chi connectivity index (χ3n) is 4.36. The van der Waals surface area contributed by atoms with Gasteiger partial charge in [0.15, 0.2) is 0 Å². The highest BCUT2D eigenvalue weighted by Gasteiger charge is 2.39. The molecular formula is C15H14N4O2. The van der Waals surface area contributed by atoms with Crippen molar-refractivity contribution in [3.8, 4) is 6.07 Å². The average Bonchev–Trinajstić information content (AvgIpc) is 3.20.